The van der Waals surface area contributed by atoms with Gasteiger partial charge >= 0.3 is 0 Å². The van der Waals surface area contributed by atoms with E-state index in [2.05, 4.69) is 21.4 Å². The topological polar surface area (TPSA) is 37.8 Å². The van der Waals surface area contributed by atoms with Crippen molar-refractivity contribution in [2.45, 2.75) is 13.5 Å². The minimum atomic E-state index is 0.391. The third kappa shape index (κ3) is 2.94. The Morgan fingerprint density at radius 1 is 1.19 bits per heavy atom. The molecule has 21 heavy (non-hydrogen) atoms. The molecule has 3 aromatic rings. The van der Waals surface area contributed by atoms with Crippen molar-refractivity contribution >= 4 is 39.7 Å². The molecule has 0 bridgehead atoms. The summed E-state index contributed by atoms with van der Waals surface area (Å²) in [5.74, 6) is 0. The first-order valence-corrected chi connectivity index (χ1v) is 7.29. The van der Waals surface area contributed by atoms with Crippen LogP contribution < -0.4 is 5.32 Å². The van der Waals surface area contributed by atoms with E-state index in [1.807, 2.05) is 31.3 Å². The Bertz CT molecular complexity index is 774. The van der Waals surface area contributed by atoms with Crippen molar-refractivity contribution in [2.75, 3.05) is 5.32 Å². The summed E-state index contributed by atoms with van der Waals surface area (Å²) in [6.07, 6.45) is 3.66. The van der Waals surface area contributed by atoms with Crippen LogP contribution in [0.4, 0.5) is 5.69 Å². The fourth-order valence-electron chi connectivity index (χ4n) is 2.34. The van der Waals surface area contributed by atoms with Crippen LogP contribution in [0.25, 0.3) is 10.8 Å². The lowest BCUT2D eigenvalue weighted by Gasteiger charge is -2.12. The molecule has 0 aliphatic carbocycles. The van der Waals surface area contributed by atoms with Gasteiger partial charge in [-0.1, -0.05) is 41.4 Å². The van der Waals surface area contributed by atoms with E-state index in [1.165, 1.54) is 10.9 Å². The average molecular weight is 318 g/mol. The molecule has 2 aromatic heterocycles. The number of hydrogen-bond donors (Lipinski definition) is 1. The Labute approximate surface area is 132 Å². The summed E-state index contributed by atoms with van der Waals surface area (Å²) in [7, 11) is 0. The van der Waals surface area contributed by atoms with Gasteiger partial charge in [0.25, 0.3) is 0 Å². The largest absolute Gasteiger partial charge is 0.378 e. The second-order valence-electron chi connectivity index (χ2n) is 4.80. The van der Waals surface area contributed by atoms with Crippen LogP contribution in [0.5, 0.6) is 0 Å². The maximum Gasteiger partial charge on any atom is 0.154 e. The number of pyridine rings is 2. The Morgan fingerprint density at radius 2 is 2.05 bits per heavy atom. The second-order valence-corrected chi connectivity index (χ2v) is 5.54. The van der Waals surface area contributed by atoms with Crippen LogP contribution in [0.15, 0.2) is 42.7 Å². The minimum Gasteiger partial charge on any atom is -0.378 e. The molecule has 1 aromatic carbocycles. The SMILES string of the molecule is Cc1cc(Cl)nc(Cl)c1NCc1cccc2cnccc12. The van der Waals surface area contributed by atoms with Crippen molar-refractivity contribution < 1.29 is 0 Å². The predicted molar refractivity (Wildman–Crippen MR) is 88.1 cm³/mol. The monoisotopic (exact) mass is 317 g/mol. The van der Waals surface area contributed by atoms with Crippen LogP contribution in [0.1, 0.15) is 11.1 Å². The van der Waals surface area contributed by atoms with E-state index in [1.54, 1.807) is 12.3 Å². The number of nitrogens with one attached hydrogen (secondary N) is 1. The number of rotatable bonds is 3. The summed E-state index contributed by atoms with van der Waals surface area (Å²) in [5.41, 5.74) is 2.97. The highest BCUT2D eigenvalue weighted by molar-refractivity contribution is 6.34. The molecule has 5 heteroatoms. The fourth-order valence-corrected chi connectivity index (χ4v) is 2.93. The van der Waals surface area contributed by atoms with Gasteiger partial charge in [-0.3, -0.25) is 4.98 Å². The number of anilines is 1. The molecule has 0 saturated carbocycles. The third-order valence-corrected chi connectivity index (χ3v) is 3.83. The molecule has 3 nitrogen and oxygen atoms in total. The lowest BCUT2D eigenvalue weighted by molar-refractivity contribution is 1.14. The van der Waals surface area contributed by atoms with Gasteiger partial charge < -0.3 is 5.32 Å². The molecule has 0 atom stereocenters. The van der Waals surface area contributed by atoms with Crippen molar-refractivity contribution in [3.63, 3.8) is 0 Å². The first-order valence-electron chi connectivity index (χ1n) is 6.53. The number of aryl methyl sites for hydroxylation is 1. The zero-order valence-corrected chi connectivity index (χ0v) is 12.9. The van der Waals surface area contributed by atoms with Gasteiger partial charge in [-0.2, -0.15) is 0 Å². The van der Waals surface area contributed by atoms with Crippen LogP contribution in [-0.4, -0.2) is 9.97 Å². The van der Waals surface area contributed by atoms with Gasteiger partial charge in [-0.05, 0) is 35.6 Å². The van der Waals surface area contributed by atoms with Crippen LogP contribution in [0.2, 0.25) is 10.3 Å². The van der Waals surface area contributed by atoms with Crippen LogP contribution in [0.3, 0.4) is 0 Å². The first-order chi connectivity index (χ1) is 10.1. The van der Waals surface area contributed by atoms with Gasteiger partial charge in [0.2, 0.25) is 0 Å². The maximum absolute atomic E-state index is 6.15. The maximum atomic E-state index is 6.15. The van der Waals surface area contributed by atoms with E-state index >= 15 is 0 Å². The molecule has 0 saturated heterocycles. The summed E-state index contributed by atoms with van der Waals surface area (Å²) in [6.45, 7) is 2.61. The Balaban J connectivity index is 1.91. The highest BCUT2D eigenvalue weighted by Crippen LogP contribution is 2.27. The molecule has 0 spiro atoms. The summed E-state index contributed by atoms with van der Waals surface area (Å²) in [4.78, 5) is 8.21. The van der Waals surface area contributed by atoms with Crippen molar-refractivity contribution in [2.24, 2.45) is 0 Å². The van der Waals surface area contributed by atoms with E-state index < -0.39 is 0 Å². The fraction of sp³-hybridized carbons (Fsp3) is 0.125. The molecule has 2 heterocycles. The van der Waals surface area contributed by atoms with E-state index in [-0.39, 0.29) is 0 Å². The van der Waals surface area contributed by atoms with Crippen LogP contribution in [0, 0.1) is 6.92 Å². The van der Waals surface area contributed by atoms with Gasteiger partial charge in [0, 0.05) is 24.3 Å². The van der Waals surface area contributed by atoms with Crippen molar-refractivity contribution in [1.29, 1.82) is 0 Å². The average Bonchev–Trinajstić information content (AvgIpc) is 2.46. The highest BCUT2D eigenvalue weighted by atomic mass is 35.5. The molecule has 1 N–H and O–H groups in total. The summed E-state index contributed by atoms with van der Waals surface area (Å²) < 4.78 is 0. The molecule has 0 aliphatic rings. The molecule has 3 rings (SSSR count). The van der Waals surface area contributed by atoms with E-state index in [4.69, 9.17) is 23.2 Å². The quantitative estimate of drug-likeness (QED) is 0.701. The lowest BCUT2D eigenvalue weighted by atomic mass is 10.1. The molecule has 0 unspecified atom stereocenters. The van der Waals surface area contributed by atoms with E-state index in [9.17, 15) is 0 Å². The third-order valence-electron chi connectivity index (χ3n) is 3.37. The molecule has 0 fully saturated rings. The normalized spacial score (nSPS) is 10.8. The summed E-state index contributed by atoms with van der Waals surface area (Å²) >= 11 is 12.0. The Kier molecular flexibility index (Phi) is 3.95. The number of fused-ring (bicyclic) bond motifs is 1. The molecule has 0 amide bonds. The van der Waals surface area contributed by atoms with E-state index in [0.717, 1.165) is 16.6 Å². The van der Waals surface area contributed by atoms with Crippen LogP contribution in [-0.2, 0) is 6.54 Å². The number of benzene rings is 1. The van der Waals surface area contributed by atoms with Crippen molar-refractivity contribution in [3.05, 3.63) is 64.2 Å². The lowest BCUT2D eigenvalue weighted by Crippen LogP contribution is -2.03. The van der Waals surface area contributed by atoms with Gasteiger partial charge in [0.1, 0.15) is 5.15 Å². The zero-order valence-electron chi connectivity index (χ0n) is 11.4. The van der Waals surface area contributed by atoms with Crippen LogP contribution >= 0.6 is 23.2 Å². The number of nitrogens with zero attached hydrogens (tertiary/aromatic N) is 2. The second kappa shape index (κ2) is 5.88. The van der Waals surface area contributed by atoms with Gasteiger partial charge in [-0.25, -0.2) is 4.98 Å². The molecule has 106 valence electrons. The molecular weight excluding hydrogens is 305 g/mol. The smallest absolute Gasteiger partial charge is 0.154 e. The first kappa shape index (κ1) is 14.1. The highest BCUT2D eigenvalue weighted by Gasteiger charge is 2.08. The number of halogens is 2. The molecule has 0 aliphatic heterocycles. The Morgan fingerprint density at radius 3 is 2.86 bits per heavy atom. The minimum absolute atomic E-state index is 0.391. The summed E-state index contributed by atoms with van der Waals surface area (Å²) in [5, 5.41) is 6.43. The van der Waals surface area contributed by atoms with Gasteiger partial charge in [0.05, 0.1) is 5.69 Å². The zero-order chi connectivity index (χ0) is 14.8. The standard InChI is InChI=1S/C16H13Cl2N3/c1-10-7-14(17)21-16(18)15(10)20-9-12-4-2-3-11-8-19-6-5-13(11)12/h2-8,20H,9H2,1H3. The number of aromatic nitrogens is 2. The van der Waals surface area contributed by atoms with Gasteiger partial charge in [0.15, 0.2) is 5.15 Å². The molecular formula is C16H13Cl2N3. The van der Waals surface area contributed by atoms with Crippen molar-refractivity contribution in [3.8, 4) is 0 Å². The van der Waals surface area contributed by atoms with Gasteiger partial charge in [-0.15, -0.1) is 0 Å². The van der Waals surface area contributed by atoms with Crippen molar-refractivity contribution in [1.82, 2.24) is 9.97 Å². The number of hydrogen-bond acceptors (Lipinski definition) is 3. The summed E-state index contributed by atoms with van der Waals surface area (Å²) in [6, 6.07) is 9.97. The predicted octanol–water partition coefficient (Wildman–Crippen LogP) is 4.86. The Hall–Kier alpha value is -1.84. The van der Waals surface area contributed by atoms with E-state index in [0.29, 0.717) is 16.9 Å². The molecule has 0 radical (unpaired) electrons.